The predicted molar refractivity (Wildman–Crippen MR) is 55.2 cm³/mol. The molecule has 0 unspecified atom stereocenters. The Balaban J connectivity index is 2.76. The minimum atomic E-state index is -0.384. The van der Waals surface area contributed by atoms with Crippen LogP contribution in [0.2, 0.25) is 0 Å². The molecule has 0 aliphatic carbocycles. The van der Waals surface area contributed by atoms with Crippen molar-refractivity contribution in [2.24, 2.45) is 5.18 Å². The van der Waals surface area contributed by atoms with Gasteiger partial charge in [0.1, 0.15) is 0 Å². The van der Waals surface area contributed by atoms with Gasteiger partial charge < -0.3 is 5.32 Å². The zero-order valence-corrected chi connectivity index (χ0v) is 8.20. The largest absolute Gasteiger partial charge is 0.324 e. The van der Waals surface area contributed by atoms with E-state index >= 15 is 0 Å². The third-order valence-electron chi connectivity index (χ3n) is 1.71. The van der Waals surface area contributed by atoms with E-state index in [0.29, 0.717) is 5.69 Å². The lowest BCUT2D eigenvalue weighted by atomic mass is 10.1. The molecule has 1 aromatic rings. The fourth-order valence-corrected chi connectivity index (χ4v) is 1.31. The number of nitrogens with zero attached hydrogens (tertiary/aromatic N) is 1. The lowest BCUT2D eigenvalue weighted by Gasteiger charge is -2.05. The van der Waals surface area contributed by atoms with Crippen molar-refractivity contribution in [1.29, 1.82) is 0 Å². The summed E-state index contributed by atoms with van der Waals surface area (Å²) in [5, 5.41) is 5.11. The van der Waals surface area contributed by atoms with E-state index < -0.39 is 0 Å². The van der Waals surface area contributed by atoms with Crippen molar-refractivity contribution in [3.05, 3.63) is 34.2 Å². The first kappa shape index (κ1) is 10.4. The number of aryl methyl sites for hydroxylation is 2. The Hall–Kier alpha value is -1.71. The normalized spacial score (nSPS) is 9.57. The number of benzene rings is 1. The lowest BCUT2D eigenvalue weighted by Crippen LogP contribution is -2.14. The summed E-state index contributed by atoms with van der Waals surface area (Å²) in [5.74, 6) is -0.384. The van der Waals surface area contributed by atoms with Gasteiger partial charge in [0.05, 0.1) is 0 Å². The molecule has 1 N–H and O–H groups in total. The molecule has 0 aliphatic heterocycles. The summed E-state index contributed by atoms with van der Waals surface area (Å²) in [6, 6.07) is 5.69. The average molecular weight is 192 g/mol. The SMILES string of the molecule is Cc1cc(C)cc(NC(=O)CN=O)c1. The smallest absolute Gasteiger partial charge is 0.249 e. The van der Waals surface area contributed by atoms with Gasteiger partial charge in [0.25, 0.3) is 0 Å². The third-order valence-corrected chi connectivity index (χ3v) is 1.71. The number of carbonyl (C=O) groups is 1. The highest BCUT2D eigenvalue weighted by Gasteiger charge is 2.02. The molecule has 0 fully saturated rings. The van der Waals surface area contributed by atoms with Crippen molar-refractivity contribution in [1.82, 2.24) is 0 Å². The topological polar surface area (TPSA) is 58.5 Å². The molecule has 74 valence electrons. The quantitative estimate of drug-likeness (QED) is 0.744. The average Bonchev–Trinajstić information content (AvgIpc) is 2.01. The summed E-state index contributed by atoms with van der Waals surface area (Å²) < 4.78 is 0. The molecule has 0 spiro atoms. The Labute approximate surface area is 82.3 Å². The standard InChI is InChI=1S/C10H12N2O2/c1-7-3-8(2)5-9(4-7)12-10(13)6-11-14/h3-5H,6H2,1-2H3,(H,12,13). The van der Waals surface area contributed by atoms with Crippen molar-refractivity contribution < 1.29 is 4.79 Å². The van der Waals surface area contributed by atoms with Crippen LogP contribution in [0, 0.1) is 18.8 Å². The number of nitrogens with one attached hydrogen (secondary N) is 1. The first-order chi connectivity index (χ1) is 6.61. The van der Waals surface area contributed by atoms with Crippen molar-refractivity contribution >= 4 is 11.6 Å². The molecule has 0 bridgehead atoms. The molecule has 1 rings (SSSR count). The maximum Gasteiger partial charge on any atom is 0.249 e. The Morgan fingerprint density at radius 1 is 1.29 bits per heavy atom. The molecule has 0 aliphatic rings. The number of hydrogen-bond acceptors (Lipinski definition) is 3. The van der Waals surface area contributed by atoms with Crippen LogP contribution in [0.25, 0.3) is 0 Å². The van der Waals surface area contributed by atoms with Crippen LogP contribution in [0.4, 0.5) is 5.69 Å². The molecule has 0 atom stereocenters. The second kappa shape index (κ2) is 4.50. The minimum Gasteiger partial charge on any atom is -0.324 e. The molecule has 0 radical (unpaired) electrons. The molecule has 1 aromatic carbocycles. The molecule has 0 saturated carbocycles. The van der Waals surface area contributed by atoms with E-state index in [4.69, 9.17) is 0 Å². The Morgan fingerprint density at radius 3 is 2.36 bits per heavy atom. The number of carbonyl (C=O) groups excluding carboxylic acids is 1. The highest BCUT2D eigenvalue weighted by molar-refractivity contribution is 5.92. The number of anilines is 1. The minimum absolute atomic E-state index is 0.340. The second-order valence-corrected chi connectivity index (χ2v) is 3.21. The summed E-state index contributed by atoms with van der Waals surface area (Å²) in [4.78, 5) is 20.9. The van der Waals surface area contributed by atoms with Gasteiger partial charge in [-0.05, 0) is 37.1 Å². The van der Waals surface area contributed by atoms with Crippen LogP contribution in [-0.2, 0) is 4.79 Å². The summed E-state index contributed by atoms with van der Waals surface area (Å²) in [6.45, 7) is 3.55. The number of hydrogen-bond donors (Lipinski definition) is 1. The van der Waals surface area contributed by atoms with E-state index in [1.165, 1.54) is 0 Å². The van der Waals surface area contributed by atoms with E-state index in [1.807, 2.05) is 32.0 Å². The zero-order valence-electron chi connectivity index (χ0n) is 8.20. The number of nitroso groups, excluding NO2 is 1. The highest BCUT2D eigenvalue weighted by Crippen LogP contribution is 2.13. The molecule has 4 heteroatoms. The van der Waals surface area contributed by atoms with Gasteiger partial charge in [-0.2, -0.15) is 4.91 Å². The lowest BCUT2D eigenvalue weighted by molar-refractivity contribution is -0.114. The van der Waals surface area contributed by atoms with Gasteiger partial charge in [0.2, 0.25) is 5.91 Å². The van der Waals surface area contributed by atoms with Gasteiger partial charge in [0.15, 0.2) is 6.54 Å². The van der Waals surface area contributed by atoms with Gasteiger partial charge in [-0.3, -0.25) is 4.79 Å². The molecule has 0 saturated heterocycles. The Morgan fingerprint density at radius 2 is 1.86 bits per heavy atom. The maximum absolute atomic E-state index is 11.0. The van der Waals surface area contributed by atoms with Crippen LogP contribution in [-0.4, -0.2) is 12.5 Å². The van der Waals surface area contributed by atoms with Gasteiger partial charge in [-0.15, -0.1) is 0 Å². The van der Waals surface area contributed by atoms with Crippen LogP contribution in [0.15, 0.2) is 23.4 Å². The first-order valence-electron chi connectivity index (χ1n) is 4.29. The maximum atomic E-state index is 11.0. The summed E-state index contributed by atoms with van der Waals surface area (Å²) in [6.07, 6.45) is 0. The van der Waals surface area contributed by atoms with Gasteiger partial charge >= 0.3 is 0 Å². The van der Waals surface area contributed by atoms with Gasteiger partial charge in [-0.1, -0.05) is 11.2 Å². The Kier molecular flexibility index (Phi) is 3.34. The zero-order chi connectivity index (χ0) is 10.6. The molecule has 0 aromatic heterocycles. The highest BCUT2D eigenvalue weighted by atomic mass is 16.3. The fourth-order valence-electron chi connectivity index (χ4n) is 1.31. The van der Waals surface area contributed by atoms with E-state index in [9.17, 15) is 9.70 Å². The second-order valence-electron chi connectivity index (χ2n) is 3.21. The molecule has 0 heterocycles. The van der Waals surface area contributed by atoms with E-state index in [0.717, 1.165) is 11.1 Å². The van der Waals surface area contributed by atoms with Crippen molar-refractivity contribution in [2.45, 2.75) is 13.8 Å². The molecule has 4 nitrogen and oxygen atoms in total. The van der Waals surface area contributed by atoms with E-state index in [-0.39, 0.29) is 12.5 Å². The monoisotopic (exact) mass is 192 g/mol. The van der Waals surface area contributed by atoms with Crippen LogP contribution in [0.1, 0.15) is 11.1 Å². The third kappa shape index (κ3) is 2.97. The molecular formula is C10H12N2O2. The number of amides is 1. The summed E-state index contributed by atoms with van der Waals surface area (Å²) in [7, 11) is 0. The van der Waals surface area contributed by atoms with Gasteiger partial charge in [-0.25, -0.2) is 0 Å². The van der Waals surface area contributed by atoms with E-state index in [2.05, 4.69) is 10.5 Å². The predicted octanol–water partition coefficient (Wildman–Crippen LogP) is 2.01. The number of rotatable bonds is 3. The summed E-state index contributed by atoms with van der Waals surface area (Å²) in [5.41, 5.74) is 2.84. The fraction of sp³-hybridized carbons (Fsp3) is 0.300. The summed E-state index contributed by atoms with van der Waals surface area (Å²) >= 11 is 0. The van der Waals surface area contributed by atoms with Crippen LogP contribution in [0.5, 0.6) is 0 Å². The van der Waals surface area contributed by atoms with Crippen LogP contribution in [0.3, 0.4) is 0 Å². The van der Waals surface area contributed by atoms with Crippen LogP contribution < -0.4 is 5.32 Å². The van der Waals surface area contributed by atoms with E-state index in [1.54, 1.807) is 0 Å². The van der Waals surface area contributed by atoms with Crippen molar-refractivity contribution in [3.8, 4) is 0 Å². The molecular weight excluding hydrogens is 180 g/mol. The van der Waals surface area contributed by atoms with Crippen molar-refractivity contribution in [3.63, 3.8) is 0 Å². The van der Waals surface area contributed by atoms with Gasteiger partial charge in [0, 0.05) is 5.69 Å². The van der Waals surface area contributed by atoms with Crippen molar-refractivity contribution in [2.75, 3.05) is 11.9 Å². The molecule has 1 amide bonds. The van der Waals surface area contributed by atoms with Crippen LogP contribution >= 0.6 is 0 Å². The molecule has 14 heavy (non-hydrogen) atoms. The first-order valence-corrected chi connectivity index (χ1v) is 4.29. The Bertz CT molecular complexity index is 341.